The van der Waals surface area contributed by atoms with Crippen molar-refractivity contribution in [3.8, 4) is 22.8 Å². The lowest BCUT2D eigenvalue weighted by Crippen LogP contribution is -2.53. The Hall–Kier alpha value is -3.56. The molecular formula is C28H32FN7O. The predicted molar refractivity (Wildman–Crippen MR) is 142 cm³/mol. The quantitative estimate of drug-likeness (QED) is 0.406. The smallest absolute Gasteiger partial charge is 0.164 e. The van der Waals surface area contributed by atoms with Crippen LogP contribution in [-0.2, 0) is 0 Å². The zero-order valence-electron chi connectivity index (χ0n) is 21.0. The fourth-order valence-corrected chi connectivity index (χ4v) is 5.78. The van der Waals surface area contributed by atoms with Crippen LogP contribution in [0.1, 0.15) is 38.6 Å². The van der Waals surface area contributed by atoms with Gasteiger partial charge in [0.2, 0.25) is 0 Å². The molecule has 2 fully saturated rings. The van der Waals surface area contributed by atoms with Gasteiger partial charge in [0.25, 0.3) is 0 Å². The number of fused-ring (bicyclic) bond motifs is 1. The van der Waals surface area contributed by atoms with Crippen molar-refractivity contribution in [1.82, 2.24) is 30.0 Å². The van der Waals surface area contributed by atoms with E-state index in [1.54, 1.807) is 12.1 Å². The Balaban J connectivity index is 1.28. The Labute approximate surface area is 215 Å². The maximum atomic E-state index is 15.4. The van der Waals surface area contributed by atoms with Crippen molar-refractivity contribution in [3.63, 3.8) is 0 Å². The maximum Gasteiger partial charge on any atom is 0.164 e. The normalized spacial score (nSPS) is 22.8. The number of nitrogen functional groups attached to an aromatic ring is 1. The average molecular weight is 502 g/mol. The molecule has 1 aliphatic heterocycles. The number of hydrogen-bond acceptors (Lipinski definition) is 7. The van der Waals surface area contributed by atoms with Crippen LogP contribution in [0.15, 0.2) is 54.9 Å². The molecule has 0 amide bonds. The number of hydrogen-bond donors (Lipinski definition) is 2. The summed E-state index contributed by atoms with van der Waals surface area (Å²) < 4.78 is 23.2. The Morgan fingerprint density at radius 2 is 1.78 bits per heavy atom. The van der Waals surface area contributed by atoms with E-state index in [0.717, 1.165) is 45.3 Å². The minimum atomic E-state index is -0.431. The molecule has 1 aliphatic carbocycles. The third-order valence-corrected chi connectivity index (χ3v) is 7.62. The summed E-state index contributed by atoms with van der Waals surface area (Å²) in [7, 11) is 0. The summed E-state index contributed by atoms with van der Waals surface area (Å²) in [5, 5.41) is 9.02. The van der Waals surface area contributed by atoms with Crippen LogP contribution in [0.3, 0.4) is 0 Å². The van der Waals surface area contributed by atoms with Gasteiger partial charge in [-0.1, -0.05) is 18.2 Å². The number of halogens is 1. The largest absolute Gasteiger partial charge is 0.457 e. The molecule has 6 rings (SSSR count). The van der Waals surface area contributed by atoms with Crippen LogP contribution in [-0.4, -0.2) is 56.4 Å². The highest BCUT2D eigenvalue weighted by Crippen LogP contribution is 2.38. The van der Waals surface area contributed by atoms with Crippen molar-refractivity contribution in [2.75, 3.05) is 25.4 Å². The fraction of sp³-hybridized carbons (Fsp3) is 0.393. The van der Waals surface area contributed by atoms with Crippen LogP contribution >= 0.6 is 0 Å². The number of nitrogens with two attached hydrogens (primary N) is 1. The van der Waals surface area contributed by atoms with Crippen molar-refractivity contribution >= 4 is 16.9 Å². The van der Waals surface area contributed by atoms with Gasteiger partial charge in [0.05, 0.1) is 11.4 Å². The molecule has 3 heterocycles. The van der Waals surface area contributed by atoms with Crippen molar-refractivity contribution in [2.45, 2.75) is 50.7 Å². The number of benzene rings is 2. The van der Waals surface area contributed by atoms with Gasteiger partial charge < -0.3 is 15.8 Å². The van der Waals surface area contributed by atoms with Crippen LogP contribution in [0.25, 0.3) is 22.3 Å². The molecule has 9 heteroatoms. The van der Waals surface area contributed by atoms with Crippen molar-refractivity contribution in [3.05, 3.63) is 60.7 Å². The van der Waals surface area contributed by atoms with E-state index < -0.39 is 5.82 Å². The van der Waals surface area contributed by atoms with Gasteiger partial charge in [0.15, 0.2) is 5.65 Å². The SMILES string of the molecule is CC1CN(C2CCC(n3nc(-c4ccc(Oc5ccccc5)cc4F)c4c(N)ncnc43)CC2)CCN1. The number of para-hydroxylation sites is 1. The molecule has 1 unspecified atom stereocenters. The predicted octanol–water partition coefficient (Wildman–Crippen LogP) is 4.78. The summed E-state index contributed by atoms with van der Waals surface area (Å²) in [5.74, 6) is 0.937. The number of nitrogens with zero attached hydrogens (tertiary/aromatic N) is 5. The highest BCUT2D eigenvalue weighted by atomic mass is 19.1. The molecule has 0 bridgehead atoms. The molecule has 2 aromatic heterocycles. The molecule has 1 saturated heterocycles. The second-order valence-electron chi connectivity index (χ2n) is 10.1. The van der Waals surface area contributed by atoms with Crippen LogP contribution in [0.4, 0.5) is 10.2 Å². The summed E-state index contributed by atoms with van der Waals surface area (Å²) in [6.45, 7) is 5.49. The Kier molecular flexibility index (Phi) is 6.48. The standard InChI is InChI=1S/C28H32FN7O/c1-18-16-35(14-13-31-18)19-7-9-20(10-8-19)36-28-25(27(30)32-17-33-28)26(34-36)23-12-11-22(15-24(23)29)37-21-5-3-2-4-6-21/h2-6,11-12,15,17-20,31H,7-10,13-14,16H2,1H3,(H2,30,32,33). The number of rotatable bonds is 5. The third kappa shape index (κ3) is 4.76. The zero-order chi connectivity index (χ0) is 25.4. The van der Waals surface area contributed by atoms with Gasteiger partial charge in [0.1, 0.15) is 35.2 Å². The number of anilines is 1. The van der Waals surface area contributed by atoms with Crippen LogP contribution in [0.2, 0.25) is 0 Å². The molecule has 0 radical (unpaired) electrons. The molecule has 2 aromatic carbocycles. The van der Waals surface area contributed by atoms with Gasteiger partial charge >= 0.3 is 0 Å². The van der Waals surface area contributed by atoms with E-state index in [9.17, 15) is 0 Å². The molecule has 1 atom stereocenters. The first-order valence-corrected chi connectivity index (χ1v) is 13.1. The van der Waals surface area contributed by atoms with Gasteiger partial charge in [-0.05, 0) is 56.9 Å². The Morgan fingerprint density at radius 3 is 2.54 bits per heavy atom. The first kappa shape index (κ1) is 23.8. The van der Waals surface area contributed by atoms with E-state index in [-0.39, 0.29) is 6.04 Å². The lowest BCUT2D eigenvalue weighted by atomic mass is 9.89. The number of aromatic nitrogens is 4. The Morgan fingerprint density at radius 1 is 1.00 bits per heavy atom. The van der Waals surface area contributed by atoms with Gasteiger partial charge in [-0.3, -0.25) is 4.90 Å². The molecule has 1 saturated carbocycles. The molecule has 37 heavy (non-hydrogen) atoms. The van der Waals surface area contributed by atoms with E-state index in [2.05, 4.69) is 27.1 Å². The van der Waals surface area contributed by atoms with E-state index in [4.69, 9.17) is 15.6 Å². The topological polar surface area (TPSA) is 94.1 Å². The second-order valence-corrected chi connectivity index (χ2v) is 10.1. The first-order chi connectivity index (χ1) is 18.1. The summed E-state index contributed by atoms with van der Waals surface area (Å²) >= 11 is 0. The molecule has 0 spiro atoms. The summed E-state index contributed by atoms with van der Waals surface area (Å²) in [6, 6.07) is 15.4. The molecular weight excluding hydrogens is 469 g/mol. The lowest BCUT2D eigenvalue weighted by Gasteiger charge is -2.41. The molecule has 8 nitrogen and oxygen atoms in total. The van der Waals surface area contributed by atoms with Crippen molar-refractivity contribution in [2.24, 2.45) is 0 Å². The van der Waals surface area contributed by atoms with Crippen molar-refractivity contribution in [1.29, 1.82) is 0 Å². The van der Waals surface area contributed by atoms with Gasteiger partial charge in [-0.15, -0.1) is 0 Å². The van der Waals surface area contributed by atoms with Crippen LogP contribution in [0, 0.1) is 5.82 Å². The number of piperazine rings is 1. The highest BCUT2D eigenvalue weighted by molar-refractivity contribution is 5.98. The molecule has 3 N–H and O–H groups in total. The monoisotopic (exact) mass is 501 g/mol. The molecule has 2 aliphatic rings. The van der Waals surface area contributed by atoms with E-state index in [1.807, 2.05) is 35.0 Å². The Bertz CT molecular complexity index is 1380. The van der Waals surface area contributed by atoms with E-state index in [1.165, 1.54) is 12.4 Å². The summed E-state index contributed by atoms with van der Waals surface area (Å²) in [6.07, 6.45) is 5.66. The minimum Gasteiger partial charge on any atom is -0.457 e. The van der Waals surface area contributed by atoms with Crippen molar-refractivity contribution < 1.29 is 9.13 Å². The number of ether oxygens (including phenoxy) is 1. The minimum absolute atomic E-state index is 0.186. The maximum absolute atomic E-state index is 15.4. The number of nitrogens with one attached hydrogen (secondary N) is 1. The fourth-order valence-electron chi connectivity index (χ4n) is 5.78. The van der Waals surface area contributed by atoms with Crippen LogP contribution < -0.4 is 15.8 Å². The van der Waals surface area contributed by atoms with Gasteiger partial charge in [0, 0.05) is 43.3 Å². The molecule has 192 valence electrons. The molecule has 4 aromatic rings. The van der Waals surface area contributed by atoms with E-state index in [0.29, 0.717) is 51.7 Å². The van der Waals surface area contributed by atoms with E-state index >= 15 is 4.39 Å². The summed E-state index contributed by atoms with van der Waals surface area (Å²) in [4.78, 5) is 11.3. The van der Waals surface area contributed by atoms with Gasteiger partial charge in [-0.25, -0.2) is 19.0 Å². The summed E-state index contributed by atoms with van der Waals surface area (Å²) in [5.41, 5.74) is 7.77. The zero-order valence-corrected chi connectivity index (χ0v) is 21.0. The third-order valence-electron chi connectivity index (χ3n) is 7.62. The van der Waals surface area contributed by atoms with Crippen LogP contribution in [0.5, 0.6) is 11.5 Å². The lowest BCUT2D eigenvalue weighted by molar-refractivity contribution is 0.105. The second kappa shape index (κ2) is 10.1. The first-order valence-electron chi connectivity index (χ1n) is 13.1. The average Bonchev–Trinajstić information content (AvgIpc) is 3.30. The van der Waals surface area contributed by atoms with Gasteiger partial charge in [-0.2, -0.15) is 5.10 Å². The highest BCUT2D eigenvalue weighted by Gasteiger charge is 2.31.